The third kappa shape index (κ3) is 4.19. The number of hydrogen-bond donors (Lipinski definition) is 2. The lowest BCUT2D eigenvalue weighted by molar-refractivity contribution is -0.169. The molecule has 0 aliphatic carbocycles. The zero-order chi connectivity index (χ0) is 14.3. The van der Waals surface area contributed by atoms with Gasteiger partial charge in [-0.15, -0.1) is 0 Å². The number of aliphatic hydroxyl groups excluding tert-OH is 2. The highest BCUT2D eigenvalue weighted by molar-refractivity contribution is 5.73. The number of ether oxygens (including phenoxy) is 1. The van der Waals surface area contributed by atoms with Crippen molar-refractivity contribution < 1.29 is 19.7 Å². The molecule has 0 saturated carbocycles. The van der Waals surface area contributed by atoms with Crippen LogP contribution in [0.1, 0.15) is 24.5 Å². The van der Waals surface area contributed by atoms with Gasteiger partial charge < -0.3 is 14.9 Å². The predicted octanol–water partition coefficient (Wildman–Crippen LogP) is 1.55. The van der Waals surface area contributed by atoms with Crippen LogP contribution in [-0.2, 0) is 16.0 Å². The highest BCUT2D eigenvalue weighted by atomic mass is 16.6. The summed E-state index contributed by atoms with van der Waals surface area (Å²) in [6.07, 6.45) is 2.20. The second kappa shape index (κ2) is 7.07. The Balaban J connectivity index is 2.65. The first kappa shape index (κ1) is 15.4. The molecule has 1 aromatic rings. The number of carbonyl (C=O) groups is 1. The molecule has 0 radical (unpaired) electrons. The molecule has 0 heterocycles. The largest absolute Gasteiger partial charge is 0.454 e. The number of hydrogen-bond acceptors (Lipinski definition) is 4. The van der Waals surface area contributed by atoms with Crippen LogP contribution in [-0.4, -0.2) is 35.0 Å². The molecule has 4 heteroatoms. The Morgan fingerprint density at radius 2 is 1.89 bits per heavy atom. The standard InChI is InChI=1S/C15H20O4/c1-3-12-5-7-13(8-6-12)9-14(18)19-15(4-2,10-16)11-17/h3,5-8,16-17H,1,4,9-11H2,2H3. The third-order valence-electron chi connectivity index (χ3n) is 3.11. The van der Waals surface area contributed by atoms with E-state index in [2.05, 4.69) is 6.58 Å². The maximum absolute atomic E-state index is 11.8. The Kier molecular flexibility index (Phi) is 5.73. The summed E-state index contributed by atoms with van der Waals surface area (Å²) in [6.45, 7) is 4.63. The van der Waals surface area contributed by atoms with Gasteiger partial charge in [0.2, 0.25) is 0 Å². The first-order chi connectivity index (χ1) is 9.09. The lowest BCUT2D eigenvalue weighted by Crippen LogP contribution is -2.42. The van der Waals surface area contributed by atoms with Crippen LogP contribution in [0.5, 0.6) is 0 Å². The van der Waals surface area contributed by atoms with Gasteiger partial charge >= 0.3 is 5.97 Å². The van der Waals surface area contributed by atoms with E-state index in [-0.39, 0.29) is 19.6 Å². The molecule has 0 unspecified atom stereocenters. The molecule has 0 fully saturated rings. The maximum Gasteiger partial charge on any atom is 0.310 e. The fourth-order valence-corrected chi connectivity index (χ4v) is 1.63. The quantitative estimate of drug-likeness (QED) is 0.733. The Morgan fingerprint density at radius 1 is 1.32 bits per heavy atom. The van der Waals surface area contributed by atoms with E-state index in [0.29, 0.717) is 6.42 Å². The van der Waals surface area contributed by atoms with Gasteiger partial charge in [-0.2, -0.15) is 0 Å². The van der Waals surface area contributed by atoms with Gasteiger partial charge in [0.25, 0.3) is 0 Å². The Labute approximate surface area is 113 Å². The summed E-state index contributed by atoms with van der Waals surface area (Å²) in [6, 6.07) is 7.37. The SMILES string of the molecule is C=Cc1ccc(CC(=O)OC(CC)(CO)CO)cc1. The highest BCUT2D eigenvalue weighted by Gasteiger charge is 2.31. The minimum Gasteiger partial charge on any atom is -0.454 e. The van der Waals surface area contributed by atoms with Crippen LogP contribution in [0, 0.1) is 0 Å². The van der Waals surface area contributed by atoms with Crippen LogP contribution in [0.15, 0.2) is 30.8 Å². The van der Waals surface area contributed by atoms with Gasteiger partial charge in [-0.1, -0.05) is 43.8 Å². The van der Waals surface area contributed by atoms with Crippen LogP contribution in [0.25, 0.3) is 6.08 Å². The summed E-state index contributed by atoms with van der Waals surface area (Å²) in [4.78, 5) is 11.8. The first-order valence-corrected chi connectivity index (χ1v) is 6.24. The van der Waals surface area contributed by atoms with E-state index in [1.807, 2.05) is 24.3 Å². The molecule has 1 aromatic carbocycles. The lowest BCUT2D eigenvalue weighted by atomic mass is 10.0. The molecular formula is C15H20O4. The average Bonchev–Trinajstić information content (AvgIpc) is 2.46. The van der Waals surface area contributed by atoms with Crippen molar-refractivity contribution in [1.29, 1.82) is 0 Å². The van der Waals surface area contributed by atoms with Gasteiger partial charge in [0.1, 0.15) is 0 Å². The first-order valence-electron chi connectivity index (χ1n) is 6.24. The highest BCUT2D eigenvalue weighted by Crippen LogP contribution is 2.16. The van der Waals surface area contributed by atoms with E-state index >= 15 is 0 Å². The zero-order valence-corrected chi connectivity index (χ0v) is 11.1. The van der Waals surface area contributed by atoms with Crippen molar-refractivity contribution in [1.82, 2.24) is 0 Å². The van der Waals surface area contributed by atoms with Gasteiger partial charge in [-0.05, 0) is 17.5 Å². The number of benzene rings is 1. The van der Waals surface area contributed by atoms with Crippen molar-refractivity contribution >= 4 is 12.0 Å². The molecule has 0 aliphatic heterocycles. The minimum absolute atomic E-state index is 0.110. The molecule has 4 nitrogen and oxygen atoms in total. The summed E-state index contributed by atoms with van der Waals surface area (Å²) in [5, 5.41) is 18.4. The summed E-state index contributed by atoms with van der Waals surface area (Å²) in [7, 11) is 0. The smallest absolute Gasteiger partial charge is 0.310 e. The number of rotatable bonds is 7. The monoisotopic (exact) mass is 264 g/mol. The van der Waals surface area contributed by atoms with Gasteiger partial charge in [0, 0.05) is 0 Å². The number of esters is 1. The second-order valence-electron chi connectivity index (χ2n) is 4.45. The van der Waals surface area contributed by atoms with Crippen LogP contribution in [0.4, 0.5) is 0 Å². The van der Waals surface area contributed by atoms with Crippen molar-refractivity contribution in [3.05, 3.63) is 42.0 Å². The van der Waals surface area contributed by atoms with E-state index in [9.17, 15) is 15.0 Å². The molecule has 0 bridgehead atoms. The number of carbonyl (C=O) groups excluding carboxylic acids is 1. The Hall–Kier alpha value is -1.65. The normalized spacial score (nSPS) is 11.1. The van der Waals surface area contributed by atoms with E-state index < -0.39 is 11.6 Å². The van der Waals surface area contributed by atoms with Crippen LogP contribution < -0.4 is 0 Å². The lowest BCUT2D eigenvalue weighted by Gasteiger charge is -2.28. The maximum atomic E-state index is 11.8. The molecule has 19 heavy (non-hydrogen) atoms. The van der Waals surface area contributed by atoms with Crippen molar-refractivity contribution in [3.8, 4) is 0 Å². The fourth-order valence-electron chi connectivity index (χ4n) is 1.63. The van der Waals surface area contributed by atoms with Gasteiger partial charge in [-0.25, -0.2) is 0 Å². The van der Waals surface area contributed by atoms with Crippen molar-refractivity contribution in [2.75, 3.05) is 13.2 Å². The minimum atomic E-state index is -1.18. The third-order valence-corrected chi connectivity index (χ3v) is 3.11. The average molecular weight is 264 g/mol. The Morgan fingerprint density at radius 3 is 2.32 bits per heavy atom. The van der Waals surface area contributed by atoms with Gasteiger partial charge in [0.05, 0.1) is 19.6 Å². The summed E-state index contributed by atoms with van der Waals surface area (Å²) in [5.41, 5.74) is 0.611. The van der Waals surface area contributed by atoms with Crippen molar-refractivity contribution in [2.45, 2.75) is 25.4 Å². The molecule has 0 aliphatic rings. The van der Waals surface area contributed by atoms with Crippen LogP contribution in [0.2, 0.25) is 0 Å². The topological polar surface area (TPSA) is 66.8 Å². The molecule has 2 N–H and O–H groups in total. The molecule has 104 valence electrons. The summed E-state index contributed by atoms with van der Waals surface area (Å²) in [5.74, 6) is -0.462. The molecule has 0 saturated heterocycles. The van der Waals surface area contributed by atoms with E-state index in [4.69, 9.17) is 4.74 Å². The van der Waals surface area contributed by atoms with Gasteiger partial charge in [-0.3, -0.25) is 4.79 Å². The molecule has 0 aromatic heterocycles. The molecular weight excluding hydrogens is 244 g/mol. The zero-order valence-electron chi connectivity index (χ0n) is 11.1. The predicted molar refractivity (Wildman–Crippen MR) is 73.5 cm³/mol. The van der Waals surface area contributed by atoms with E-state index in [1.165, 1.54) is 0 Å². The van der Waals surface area contributed by atoms with E-state index in [0.717, 1.165) is 11.1 Å². The van der Waals surface area contributed by atoms with E-state index in [1.54, 1.807) is 13.0 Å². The molecule has 0 atom stereocenters. The van der Waals surface area contributed by atoms with Crippen molar-refractivity contribution in [2.24, 2.45) is 0 Å². The van der Waals surface area contributed by atoms with Crippen LogP contribution in [0.3, 0.4) is 0 Å². The molecule has 1 rings (SSSR count). The number of aliphatic hydroxyl groups is 2. The summed E-state index contributed by atoms with van der Waals surface area (Å²) < 4.78 is 5.19. The fraction of sp³-hybridized carbons (Fsp3) is 0.400. The van der Waals surface area contributed by atoms with Crippen molar-refractivity contribution in [3.63, 3.8) is 0 Å². The Bertz CT molecular complexity index is 410. The molecule has 0 spiro atoms. The van der Waals surface area contributed by atoms with Gasteiger partial charge in [0.15, 0.2) is 5.60 Å². The van der Waals surface area contributed by atoms with Crippen LogP contribution >= 0.6 is 0 Å². The molecule has 0 amide bonds. The second-order valence-corrected chi connectivity index (χ2v) is 4.45. The summed E-state index contributed by atoms with van der Waals surface area (Å²) >= 11 is 0.